The molecule has 9 rings (SSSR count). The topological polar surface area (TPSA) is 248 Å². The molecule has 5 aromatic carbocycles. The number of rotatable bonds is 26. The number of nitrogens with zero attached hydrogens (tertiary/aromatic N) is 7. The van der Waals surface area contributed by atoms with Gasteiger partial charge in [-0.2, -0.15) is 4.98 Å². The van der Waals surface area contributed by atoms with Gasteiger partial charge in [0.15, 0.2) is 32.1 Å². The Morgan fingerprint density at radius 3 is 2.39 bits per heavy atom. The number of hydrogen-bond acceptors (Lipinski definition) is 19. The Balaban J connectivity index is 0.700. The van der Waals surface area contributed by atoms with E-state index in [2.05, 4.69) is 46.0 Å². The Morgan fingerprint density at radius 2 is 1.62 bits per heavy atom. The van der Waals surface area contributed by atoms with Crippen LogP contribution in [0, 0.1) is 6.92 Å². The highest BCUT2D eigenvalue weighted by Crippen LogP contribution is 2.39. The summed E-state index contributed by atoms with van der Waals surface area (Å²) in [6.45, 7) is 14.9. The number of para-hydroxylation sites is 2. The van der Waals surface area contributed by atoms with Crippen molar-refractivity contribution in [1.29, 1.82) is 0 Å². The Morgan fingerprint density at radius 1 is 0.882 bits per heavy atom. The fraction of sp³-hybridized carbons (Fsp3) is 0.410. The van der Waals surface area contributed by atoms with Crippen molar-refractivity contribution in [3.8, 4) is 11.5 Å². The molecule has 21 nitrogen and oxygen atoms in total. The molecule has 7 aromatic rings. The van der Waals surface area contributed by atoms with Crippen LogP contribution in [0.2, 0.25) is 5.02 Å². The number of fused-ring (bicyclic) bond motifs is 2. The molecule has 2 aliphatic heterocycles. The van der Waals surface area contributed by atoms with Crippen molar-refractivity contribution < 1.29 is 50.1 Å². The fourth-order valence-electron chi connectivity index (χ4n) is 10.4. The monoisotopic (exact) mass is 1220 g/mol. The average Bonchev–Trinajstić information content (AvgIpc) is 3.97. The van der Waals surface area contributed by atoms with Gasteiger partial charge in [-0.25, -0.2) is 26.5 Å². The molecule has 24 heteroatoms. The van der Waals surface area contributed by atoms with Crippen molar-refractivity contribution >= 4 is 83.0 Å². The standard InChI is InChI=1S/C61H73ClN10O11S2/c1-7-81-58(74)37-49(43-17-16-41(4)44(33-43)34-48-32-42(5)83-53-13-9-11-15-56(53)85(48,77)78)45-35-52-59(70(6)69-68-52)54(36-45)82-39-57(73)63-22-28-79-30-31-80-29-27-71-23-25-72(26-24-71)47-20-18-46(19-21-47)65-61-64-38-50(62)60(67-61)66-51-12-8-10-14-55(51)84(75,76)40(2)3/h8-21,33,35-36,38,40,42,48-49H,7,22-32,34,37,39H2,1-6H3,(H,63,73)(H2,64,65,66,67). The lowest BCUT2D eigenvalue weighted by Gasteiger charge is -2.36. The van der Waals surface area contributed by atoms with Crippen LogP contribution >= 0.6 is 11.6 Å². The second-order valence-corrected chi connectivity index (χ2v) is 26.4. The molecular weight excluding hydrogens is 1150 g/mol. The third kappa shape index (κ3) is 15.5. The van der Waals surface area contributed by atoms with Crippen LogP contribution in [0.3, 0.4) is 0 Å². The van der Waals surface area contributed by atoms with Crippen LogP contribution in [0.1, 0.15) is 68.7 Å². The molecule has 0 saturated carbocycles. The van der Waals surface area contributed by atoms with E-state index < -0.39 is 42.1 Å². The lowest BCUT2D eigenvalue weighted by molar-refractivity contribution is -0.143. The first-order valence-electron chi connectivity index (χ1n) is 28.5. The van der Waals surface area contributed by atoms with Crippen molar-refractivity contribution in [3.63, 3.8) is 0 Å². The van der Waals surface area contributed by atoms with Crippen molar-refractivity contribution in [2.24, 2.45) is 7.05 Å². The maximum atomic E-state index is 14.1. The molecule has 2 aromatic heterocycles. The number of hydrogen-bond donors (Lipinski definition) is 3. The van der Waals surface area contributed by atoms with Gasteiger partial charge in [0.05, 0.1) is 72.8 Å². The fourth-order valence-corrected chi connectivity index (χ4v) is 13.7. The summed E-state index contributed by atoms with van der Waals surface area (Å²) >= 11 is 6.44. The molecule has 452 valence electrons. The lowest BCUT2D eigenvalue weighted by atomic mass is 9.85. The van der Waals surface area contributed by atoms with Crippen LogP contribution in [0.25, 0.3) is 11.0 Å². The van der Waals surface area contributed by atoms with Crippen molar-refractivity contribution in [3.05, 3.63) is 137 Å². The summed E-state index contributed by atoms with van der Waals surface area (Å²) < 4.78 is 85.1. The average molecular weight is 1220 g/mol. The summed E-state index contributed by atoms with van der Waals surface area (Å²) in [7, 11) is -5.58. The Bertz CT molecular complexity index is 3690. The van der Waals surface area contributed by atoms with E-state index in [9.17, 15) is 26.4 Å². The quantitative estimate of drug-likeness (QED) is 0.0340. The number of aryl methyl sites for hydroxylation is 2. The number of nitrogens with one attached hydrogen (secondary N) is 3. The third-order valence-corrected chi connectivity index (χ3v) is 19.7. The van der Waals surface area contributed by atoms with Gasteiger partial charge in [-0.3, -0.25) is 14.5 Å². The molecule has 1 saturated heterocycles. The molecule has 3 unspecified atom stereocenters. The number of halogens is 1. The number of anilines is 5. The van der Waals surface area contributed by atoms with Crippen molar-refractivity contribution in [1.82, 2.24) is 35.2 Å². The summed E-state index contributed by atoms with van der Waals surface area (Å²) in [5.41, 5.74) is 6.51. The number of benzene rings is 5. The maximum Gasteiger partial charge on any atom is 0.306 e. The summed E-state index contributed by atoms with van der Waals surface area (Å²) in [5, 5.41) is 16.6. The smallest absolute Gasteiger partial charge is 0.306 e. The highest BCUT2D eigenvalue weighted by molar-refractivity contribution is 7.92. The minimum absolute atomic E-state index is 0.0221. The number of sulfone groups is 2. The zero-order chi connectivity index (χ0) is 60.3. The van der Waals surface area contributed by atoms with Crippen LogP contribution in [0.5, 0.6) is 11.5 Å². The number of esters is 1. The van der Waals surface area contributed by atoms with Crippen molar-refractivity contribution in [2.45, 2.75) is 86.2 Å². The van der Waals surface area contributed by atoms with E-state index >= 15 is 0 Å². The molecule has 0 spiro atoms. The summed E-state index contributed by atoms with van der Waals surface area (Å²) in [5.74, 6) is -0.0449. The second kappa shape index (κ2) is 28.2. The van der Waals surface area contributed by atoms with Gasteiger partial charge in [0.25, 0.3) is 5.91 Å². The number of ether oxygens (including phenoxy) is 5. The van der Waals surface area contributed by atoms with Gasteiger partial charge in [0, 0.05) is 70.0 Å². The van der Waals surface area contributed by atoms with E-state index in [1.54, 1.807) is 87.1 Å². The lowest BCUT2D eigenvalue weighted by Crippen LogP contribution is -2.47. The number of carbonyl (C=O) groups excluding carboxylic acids is 2. The first-order valence-corrected chi connectivity index (χ1v) is 31.9. The SMILES string of the molecule is CCOC(=O)CC(c1ccc(C)c(CC2CC(C)Oc3ccccc3S2(=O)=O)c1)c1cc(OCC(=O)NCCOCCOCCN2CCN(c3ccc(Nc4ncc(Cl)c(Nc5ccccc5S(=O)(=O)C(C)C)n4)cc3)CC2)c2c(c1)nnn2C. The Kier molecular flexibility index (Phi) is 20.6. The molecule has 1 fully saturated rings. The Labute approximate surface area is 501 Å². The maximum absolute atomic E-state index is 14.1. The van der Waals surface area contributed by atoms with E-state index in [1.807, 2.05) is 62.4 Å². The predicted octanol–water partition coefficient (Wildman–Crippen LogP) is 8.38. The van der Waals surface area contributed by atoms with Gasteiger partial charge in [-0.1, -0.05) is 59.3 Å². The van der Waals surface area contributed by atoms with E-state index in [0.717, 1.165) is 60.8 Å². The minimum Gasteiger partial charge on any atom is -0.489 e. The molecule has 85 heavy (non-hydrogen) atoms. The number of amides is 1. The van der Waals surface area contributed by atoms with Gasteiger partial charge in [0.2, 0.25) is 5.95 Å². The van der Waals surface area contributed by atoms with Crippen LogP contribution < -0.4 is 30.3 Å². The normalized spacial score (nSPS) is 16.5. The number of aromatic nitrogens is 5. The van der Waals surface area contributed by atoms with Gasteiger partial charge in [0.1, 0.15) is 32.5 Å². The molecule has 0 radical (unpaired) electrons. The van der Waals surface area contributed by atoms with Gasteiger partial charge >= 0.3 is 5.97 Å². The van der Waals surface area contributed by atoms with E-state index in [-0.39, 0.29) is 71.8 Å². The number of piperazine rings is 1. The number of carbonyl (C=O) groups is 2. The van der Waals surface area contributed by atoms with Gasteiger partial charge < -0.3 is 44.5 Å². The summed E-state index contributed by atoms with van der Waals surface area (Å²) in [6, 6.07) is 30.9. The minimum atomic E-state index is -3.75. The predicted molar refractivity (Wildman–Crippen MR) is 326 cm³/mol. The third-order valence-electron chi connectivity index (χ3n) is 15.0. The highest BCUT2D eigenvalue weighted by atomic mass is 35.5. The van der Waals surface area contributed by atoms with Crippen LogP contribution in [0.15, 0.2) is 119 Å². The van der Waals surface area contributed by atoms with E-state index in [4.69, 9.17) is 35.3 Å². The summed E-state index contributed by atoms with van der Waals surface area (Å²) in [4.78, 5) is 40.3. The van der Waals surface area contributed by atoms with Crippen LogP contribution in [-0.4, -0.2) is 154 Å². The Hall–Kier alpha value is -7.41. The van der Waals surface area contributed by atoms with E-state index in [0.29, 0.717) is 66.0 Å². The molecule has 0 aliphatic carbocycles. The first kappa shape index (κ1) is 62.1. The van der Waals surface area contributed by atoms with Crippen molar-refractivity contribution in [2.75, 3.05) is 94.4 Å². The van der Waals surface area contributed by atoms with Gasteiger partial charge in [-0.05, 0) is 124 Å². The molecule has 4 heterocycles. The van der Waals surface area contributed by atoms with Gasteiger partial charge in [-0.15, -0.1) is 5.10 Å². The second-order valence-electron chi connectivity index (χ2n) is 21.3. The molecular formula is C61H73ClN10O11S2. The largest absolute Gasteiger partial charge is 0.489 e. The summed E-state index contributed by atoms with van der Waals surface area (Å²) in [6.07, 6.45) is 1.66. The molecule has 2 aliphatic rings. The molecule has 1 amide bonds. The molecule has 0 bridgehead atoms. The molecule has 3 N–H and O–H groups in total. The first-order chi connectivity index (χ1) is 40.9. The molecule has 3 atom stereocenters. The van der Waals surface area contributed by atoms with Crippen LogP contribution in [0.4, 0.5) is 28.8 Å². The zero-order valence-corrected chi connectivity index (χ0v) is 51.0. The highest BCUT2D eigenvalue weighted by Gasteiger charge is 2.36. The van der Waals surface area contributed by atoms with E-state index in [1.165, 1.54) is 6.20 Å². The van der Waals surface area contributed by atoms with Crippen LogP contribution in [-0.2, 0) is 56.9 Å². The zero-order valence-electron chi connectivity index (χ0n) is 48.6.